The summed E-state index contributed by atoms with van der Waals surface area (Å²) in [6, 6.07) is 0. The lowest BCUT2D eigenvalue weighted by Crippen LogP contribution is -2.11. The normalized spacial score (nSPS) is 12.5. The van der Waals surface area contributed by atoms with E-state index in [0.29, 0.717) is 12.7 Å². The quantitative estimate of drug-likeness (QED) is 0.512. The number of hydrogen-bond acceptors (Lipinski definition) is 1. The van der Waals surface area contributed by atoms with E-state index in [4.69, 9.17) is 4.74 Å². The zero-order valence-corrected chi connectivity index (χ0v) is 7.38. The van der Waals surface area contributed by atoms with E-state index in [1.807, 2.05) is 6.08 Å². The molecule has 0 N–H and O–H groups in total. The fourth-order valence-corrected chi connectivity index (χ4v) is 0.981. The van der Waals surface area contributed by atoms with Crippen LogP contribution in [0.15, 0.2) is 25.3 Å². The van der Waals surface area contributed by atoms with Crippen molar-refractivity contribution in [2.75, 3.05) is 6.61 Å². The Kier molecular flexibility index (Phi) is 7.16. The number of hydrogen-bond donors (Lipinski definition) is 0. The lowest BCUT2D eigenvalue weighted by Gasteiger charge is -2.13. The van der Waals surface area contributed by atoms with Crippen LogP contribution in [0.2, 0.25) is 0 Å². The molecule has 0 rings (SSSR count). The molecule has 0 amide bonds. The molecule has 0 aliphatic heterocycles. The molecule has 0 radical (unpaired) electrons. The van der Waals surface area contributed by atoms with Crippen LogP contribution in [0, 0.1) is 0 Å². The van der Waals surface area contributed by atoms with Crippen molar-refractivity contribution in [1.29, 1.82) is 0 Å². The molecular formula is C10H18O. The van der Waals surface area contributed by atoms with E-state index < -0.39 is 0 Å². The van der Waals surface area contributed by atoms with Crippen LogP contribution in [0.1, 0.15) is 26.2 Å². The Morgan fingerprint density at radius 1 is 1.36 bits per heavy atom. The molecule has 0 saturated carbocycles. The molecule has 64 valence electrons. The van der Waals surface area contributed by atoms with Gasteiger partial charge in [-0.2, -0.15) is 0 Å². The first-order valence-electron chi connectivity index (χ1n) is 4.18. The van der Waals surface area contributed by atoms with Crippen molar-refractivity contribution in [2.24, 2.45) is 0 Å². The minimum atomic E-state index is 0.343. The molecule has 1 atom stereocenters. The van der Waals surface area contributed by atoms with Gasteiger partial charge in [0.05, 0.1) is 12.7 Å². The van der Waals surface area contributed by atoms with E-state index in [9.17, 15) is 0 Å². The first-order chi connectivity index (χ1) is 5.35. The molecule has 1 unspecified atom stereocenters. The Hall–Kier alpha value is -0.560. The third kappa shape index (κ3) is 5.86. The molecule has 0 spiro atoms. The van der Waals surface area contributed by atoms with Crippen LogP contribution in [-0.2, 0) is 4.74 Å². The molecular weight excluding hydrogens is 136 g/mol. The summed E-state index contributed by atoms with van der Waals surface area (Å²) in [6.07, 6.45) is 7.25. The summed E-state index contributed by atoms with van der Waals surface area (Å²) in [5.41, 5.74) is 0. The van der Waals surface area contributed by atoms with Crippen LogP contribution in [-0.4, -0.2) is 12.7 Å². The molecule has 0 saturated heterocycles. The second kappa shape index (κ2) is 7.55. The zero-order chi connectivity index (χ0) is 8.53. The fraction of sp³-hybridized carbons (Fsp3) is 0.600. The molecule has 11 heavy (non-hydrogen) atoms. The summed E-state index contributed by atoms with van der Waals surface area (Å²) in [6.45, 7) is 10.1. The molecule has 1 nitrogen and oxygen atoms in total. The summed E-state index contributed by atoms with van der Waals surface area (Å²) >= 11 is 0. The Morgan fingerprint density at radius 2 is 2.09 bits per heavy atom. The van der Waals surface area contributed by atoms with E-state index in [2.05, 4.69) is 20.1 Å². The maximum Gasteiger partial charge on any atom is 0.0648 e. The summed E-state index contributed by atoms with van der Waals surface area (Å²) in [7, 11) is 0. The van der Waals surface area contributed by atoms with Crippen LogP contribution in [0.4, 0.5) is 0 Å². The SMILES string of the molecule is C=CCOC(CC=C)CCC. The molecule has 0 heterocycles. The minimum absolute atomic E-state index is 0.343. The third-order valence-electron chi connectivity index (χ3n) is 1.49. The highest BCUT2D eigenvalue weighted by Gasteiger charge is 2.03. The second-order valence-corrected chi connectivity index (χ2v) is 2.56. The standard InChI is InChI=1S/C10H18O/c1-4-7-10(8-5-2)11-9-6-3/h4,6,10H,1,3,5,7-9H2,2H3. The first-order valence-corrected chi connectivity index (χ1v) is 4.18. The van der Waals surface area contributed by atoms with Crippen LogP contribution in [0.3, 0.4) is 0 Å². The van der Waals surface area contributed by atoms with E-state index in [-0.39, 0.29) is 0 Å². The van der Waals surface area contributed by atoms with Crippen molar-refractivity contribution < 1.29 is 4.74 Å². The van der Waals surface area contributed by atoms with Crippen molar-refractivity contribution in [1.82, 2.24) is 0 Å². The van der Waals surface area contributed by atoms with Gasteiger partial charge in [0, 0.05) is 0 Å². The van der Waals surface area contributed by atoms with E-state index in [1.165, 1.54) is 0 Å². The second-order valence-electron chi connectivity index (χ2n) is 2.56. The lowest BCUT2D eigenvalue weighted by molar-refractivity contribution is 0.0697. The molecule has 0 aliphatic carbocycles. The minimum Gasteiger partial charge on any atom is -0.374 e. The molecule has 1 heteroatoms. The highest BCUT2D eigenvalue weighted by Crippen LogP contribution is 2.06. The molecule has 0 aromatic heterocycles. The predicted octanol–water partition coefficient (Wildman–Crippen LogP) is 2.93. The van der Waals surface area contributed by atoms with E-state index >= 15 is 0 Å². The maximum absolute atomic E-state index is 5.48. The van der Waals surface area contributed by atoms with Gasteiger partial charge in [-0.15, -0.1) is 13.2 Å². The van der Waals surface area contributed by atoms with Gasteiger partial charge < -0.3 is 4.74 Å². The van der Waals surface area contributed by atoms with Crippen molar-refractivity contribution in [3.63, 3.8) is 0 Å². The van der Waals surface area contributed by atoms with Gasteiger partial charge in [0.1, 0.15) is 0 Å². The Labute approximate surface area is 69.8 Å². The molecule has 0 fully saturated rings. The van der Waals surface area contributed by atoms with Crippen molar-refractivity contribution >= 4 is 0 Å². The first kappa shape index (κ1) is 10.4. The monoisotopic (exact) mass is 154 g/mol. The highest BCUT2D eigenvalue weighted by atomic mass is 16.5. The molecule has 0 aliphatic rings. The van der Waals surface area contributed by atoms with Gasteiger partial charge in [-0.25, -0.2) is 0 Å². The topological polar surface area (TPSA) is 9.23 Å². The van der Waals surface area contributed by atoms with Crippen molar-refractivity contribution in [3.05, 3.63) is 25.3 Å². The van der Waals surface area contributed by atoms with E-state index in [0.717, 1.165) is 19.3 Å². The summed E-state index contributed by atoms with van der Waals surface area (Å²) in [5, 5.41) is 0. The molecule has 0 aromatic rings. The maximum atomic E-state index is 5.48. The smallest absolute Gasteiger partial charge is 0.0648 e. The van der Waals surface area contributed by atoms with Gasteiger partial charge in [-0.3, -0.25) is 0 Å². The Bertz CT molecular complexity index is 107. The van der Waals surface area contributed by atoms with Gasteiger partial charge in [0.15, 0.2) is 0 Å². The number of ether oxygens (including phenoxy) is 1. The highest BCUT2D eigenvalue weighted by molar-refractivity contribution is 4.75. The Balaban J connectivity index is 3.49. The lowest BCUT2D eigenvalue weighted by atomic mass is 10.1. The van der Waals surface area contributed by atoms with Crippen LogP contribution in [0.5, 0.6) is 0 Å². The van der Waals surface area contributed by atoms with Gasteiger partial charge in [-0.05, 0) is 12.8 Å². The molecule has 0 bridgehead atoms. The van der Waals surface area contributed by atoms with Gasteiger partial charge >= 0.3 is 0 Å². The number of rotatable bonds is 7. The van der Waals surface area contributed by atoms with Crippen LogP contribution >= 0.6 is 0 Å². The third-order valence-corrected chi connectivity index (χ3v) is 1.49. The predicted molar refractivity (Wildman–Crippen MR) is 49.7 cm³/mol. The average Bonchev–Trinajstić information content (AvgIpc) is 2.01. The summed E-state index contributed by atoms with van der Waals surface area (Å²) < 4.78 is 5.48. The Morgan fingerprint density at radius 3 is 2.55 bits per heavy atom. The average molecular weight is 154 g/mol. The van der Waals surface area contributed by atoms with Crippen molar-refractivity contribution in [2.45, 2.75) is 32.3 Å². The summed E-state index contributed by atoms with van der Waals surface area (Å²) in [5.74, 6) is 0. The summed E-state index contributed by atoms with van der Waals surface area (Å²) in [4.78, 5) is 0. The largest absolute Gasteiger partial charge is 0.374 e. The van der Waals surface area contributed by atoms with Gasteiger partial charge in [0.25, 0.3) is 0 Å². The fourth-order valence-electron chi connectivity index (χ4n) is 0.981. The van der Waals surface area contributed by atoms with Crippen molar-refractivity contribution in [3.8, 4) is 0 Å². The van der Waals surface area contributed by atoms with E-state index in [1.54, 1.807) is 6.08 Å². The van der Waals surface area contributed by atoms with Crippen LogP contribution < -0.4 is 0 Å². The van der Waals surface area contributed by atoms with Gasteiger partial charge in [-0.1, -0.05) is 25.5 Å². The van der Waals surface area contributed by atoms with Crippen LogP contribution in [0.25, 0.3) is 0 Å². The zero-order valence-electron chi connectivity index (χ0n) is 7.38. The van der Waals surface area contributed by atoms with Gasteiger partial charge in [0.2, 0.25) is 0 Å². The molecule has 0 aromatic carbocycles.